The van der Waals surface area contributed by atoms with Crippen molar-refractivity contribution < 1.29 is 13.9 Å². The third-order valence-electron chi connectivity index (χ3n) is 6.05. The molecule has 2 unspecified atom stereocenters. The number of carbonyl (C=O) groups is 1. The molecule has 1 fully saturated rings. The number of hydrogen-bond donors (Lipinski definition) is 0. The first-order valence-corrected chi connectivity index (χ1v) is 12.0. The van der Waals surface area contributed by atoms with Crippen molar-refractivity contribution in [2.75, 3.05) is 36.1 Å². The van der Waals surface area contributed by atoms with E-state index in [1.54, 1.807) is 6.07 Å². The van der Waals surface area contributed by atoms with Gasteiger partial charge in [0.2, 0.25) is 11.9 Å². The van der Waals surface area contributed by atoms with Crippen molar-refractivity contribution in [1.29, 1.82) is 0 Å². The number of benzene rings is 2. The Morgan fingerprint density at radius 1 is 1.15 bits per heavy atom. The SMILES string of the molecule is CC(Sc1nnc(N2CCOCC2)n1-c1cccc(F)c1)C(=O)N1c2ccccc2CC1C. The normalized spacial score (nSPS) is 18.9. The summed E-state index contributed by atoms with van der Waals surface area (Å²) in [6.07, 6.45) is 0.847. The third-order valence-corrected chi connectivity index (χ3v) is 7.08. The Labute approximate surface area is 196 Å². The lowest BCUT2D eigenvalue weighted by Gasteiger charge is -2.28. The van der Waals surface area contributed by atoms with Crippen molar-refractivity contribution in [3.05, 3.63) is 59.9 Å². The first-order chi connectivity index (χ1) is 16.0. The lowest BCUT2D eigenvalue weighted by molar-refractivity contribution is -0.118. The van der Waals surface area contributed by atoms with Crippen LogP contribution in [0.5, 0.6) is 0 Å². The highest BCUT2D eigenvalue weighted by Gasteiger charge is 2.34. The van der Waals surface area contributed by atoms with Crippen molar-refractivity contribution in [1.82, 2.24) is 14.8 Å². The van der Waals surface area contributed by atoms with E-state index < -0.39 is 5.25 Å². The molecular weight excluding hydrogens is 441 g/mol. The Kier molecular flexibility index (Phi) is 6.07. The molecule has 2 aromatic carbocycles. The topological polar surface area (TPSA) is 63.5 Å². The van der Waals surface area contributed by atoms with Crippen molar-refractivity contribution in [3.8, 4) is 5.69 Å². The zero-order chi connectivity index (χ0) is 22.9. The first kappa shape index (κ1) is 21.9. The van der Waals surface area contributed by atoms with Gasteiger partial charge in [0.15, 0.2) is 5.16 Å². The number of anilines is 2. The Balaban J connectivity index is 1.45. The number of aromatic nitrogens is 3. The van der Waals surface area contributed by atoms with Crippen molar-refractivity contribution in [3.63, 3.8) is 0 Å². The highest BCUT2D eigenvalue weighted by molar-refractivity contribution is 8.00. The van der Waals surface area contributed by atoms with E-state index in [0.717, 1.165) is 12.1 Å². The van der Waals surface area contributed by atoms with Gasteiger partial charge < -0.3 is 14.5 Å². The molecule has 2 aliphatic heterocycles. The van der Waals surface area contributed by atoms with Crippen molar-refractivity contribution >= 4 is 29.3 Å². The van der Waals surface area contributed by atoms with E-state index >= 15 is 0 Å². The molecule has 9 heteroatoms. The zero-order valence-electron chi connectivity index (χ0n) is 18.6. The molecule has 2 atom stereocenters. The van der Waals surface area contributed by atoms with Gasteiger partial charge >= 0.3 is 0 Å². The second-order valence-electron chi connectivity index (χ2n) is 8.35. The number of thioether (sulfide) groups is 1. The van der Waals surface area contributed by atoms with Crippen LogP contribution in [0.2, 0.25) is 0 Å². The number of rotatable bonds is 5. The van der Waals surface area contributed by atoms with Gasteiger partial charge in [0.25, 0.3) is 0 Å². The number of para-hydroxylation sites is 1. The summed E-state index contributed by atoms with van der Waals surface area (Å²) >= 11 is 1.35. The second-order valence-corrected chi connectivity index (χ2v) is 9.66. The number of morpholine rings is 1. The molecular formula is C24H26FN5O2S. The minimum absolute atomic E-state index is 0.0270. The Bertz CT molecular complexity index is 1160. The summed E-state index contributed by atoms with van der Waals surface area (Å²) in [5.74, 6) is 0.321. The molecule has 7 nitrogen and oxygen atoms in total. The minimum Gasteiger partial charge on any atom is -0.378 e. The van der Waals surface area contributed by atoms with Gasteiger partial charge in [-0.15, -0.1) is 10.2 Å². The highest BCUT2D eigenvalue weighted by atomic mass is 32.2. The lowest BCUT2D eigenvalue weighted by atomic mass is 10.1. The van der Waals surface area contributed by atoms with E-state index in [4.69, 9.17) is 4.74 Å². The Morgan fingerprint density at radius 2 is 1.94 bits per heavy atom. The van der Waals surface area contributed by atoms with Crippen molar-refractivity contribution in [2.24, 2.45) is 0 Å². The van der Waals surface area contributed by atoms with Crippen LogP contribution in [0, 0.1) is 5.82 Å². The van der Waals surface area contributed by atoms with E-state index in [1.165, 1.54) is 29.5 Å². The number of nitrogens with zero attached hydrogens (tertiary/aromatic N) is 5. The molecule has 1 aromatic heterocycles. The maximum atomic E-state index is 14.1. The molecule has 0 saturated carbocycles. The molecule has 3 heterocycles. The standard InChI is InChI=1S/C24H26FN5O2S/c1-16-14-18-6-3-4-9-21(18)29(16)22(31)17(2)33-24-27-26-23(28-10-12-32-13-11-28)30(24)20-8-5-7-19(25)15-20/h3-9,15-17H,10-14H2,1-2H3. The fourth-order valence-corrected chi connectivity index (χ4v) is 5.36. The number of ether oxygens (including phenoxy) is 1. The van der Waals surface area contributed by atoms with Crippen LogP contribution in [-0.4, -0.2) is 58.3 Å². The first-order valence-electron chi connectivity index (χ1n) is 11.1. The zero-order valence-corrected chi connectivity index (χ0v) is 19.5. The molecule has 2 aliphatic rings. The van der Waals surface area contributed by atoms with E-state index in [-0.39, 0.29) is 17.8 Å². The van der Waals surface area contributed by atoms with Crippen molar-refractivity contribution in [2.45, 2.75) is 36.7 Å². The van der Waals surface area contributed by atoms with E-state index in [9.17, 15) is 9.18 Å². The average Bonchev–Trinajstić information content (AvgIpc) is 3.39. The monoisotopic (exact) mass is 467 g/mol. The van der Waals surface area contributed by atoms with Crippen LogP contribution in [0.4, 0.5) is 16.0 Å². The summed E-state index contributed by atoms with van der Waals surface area (Å²) in [5.41, 5.74) is 2.79. The largest absolute Gasteiger partial charge is 0.378 e. The van der Waals surface area contributed by atoms with Gasteiger partial charge in [-0.2, -0.15) is 0 Å². The molecule has 5 rings (SSSR count). The van der Waals surface area contributed by atoms with Gasteiger partial charge in [-0.05, 0) is 50.1 Å². The summed E-state index contributed by atoms with van der Waals surface area (Å²) in [4.78, 5) is 17.5. The summed E-state index contributed by atoms with van der Waals surface area (Å²) in [6, 6.07) is 14.5. The number of fused-ring (bicyclic) bond motifs is 1. The Hall–Kier alpha value is -2.91. The molecule has 0 aliphatic carbocycles. The van der Waals surface area contributed by atoms with E-state index in [2.05, 4.69) is 28.1 Å². The van der Waals surface area contributed by atoms with Crippen LogP contribution < -0.4 is 9.80 Å². The molecule has 172 valence electrons. The van der Waals surface area contributed by atoms with E-state index in [0.29, 0.717) is 43.1 Å². The van der Waals surface area contributed by atoms with Gasteiger partial charge in [0.05, 0.1) is 24.2 Å². The fraction of sp³-hybridized carbons (Fsp3) is 0.375. The van der Waals surface area contributed by atoms with Gasteiger partial charge in [0.1, 0.15) is 5.82 Å². The van der Waals surface area contributed by atoms with Crippen LogP contribution >= 0.6 is 11.8 Å². The lowest BCUT2D eigenvalue weighted by Crippen LogP contribution is -2.40. The van der Waals surface area contributed by atoms with Crippen LogP contribution in [0.25, 0.3) is 5.69 Å². The molecule has 3 aromatic rings. The number of halogens is 1. The van der Waals surface area contributed by atoms with Crippen LogP contribution in [0.1, 0.15) is 19.4 Å². The fourth-order valence-electron chi connectivity index (χ4n) is 4.45. The maximum absolute atomic E-state index is 14.1. The molecule has 33 heavy (non-hydrogen) atoms. The molecule has 1 saturated heterocycles. The molecule has 0 bridgehead atoms. The van der Waals surface area contributed by atoms with Gasteiger partial charge in [-0.3, -0.25) is 9.36 Å². The van der Waals surface area contributed by atoms with Gasteiger partial charge in [0, 0.05) is 24.8 Å². The number of hydrogen-bond acceptors (Lipinski definition) is 6. The van der Waals surface area contributed by atoms with Crippen LogP contribution in [-0.2, 0) is 16.0 Å². The molecule has 0 N–H and O–H groups in total. The van der Waals surface area contributed by atoms with Crippen LogP contribution in [0.3, 0.4) is 0 Å². The summed E-state index contributed by atoms with van der Waals surface area (Å²) in [5, 5.41) is 8.99. The Morgan fingerprint density at radius 3 is 2.73 bits per heavy atom. The highest BCUT2D eigenvalue weighted by Crippen LogP contribution is 2.36. The number of carbonyl (C=O) groups excluding carboxylic acids is 1. The molecule has 0 radical (unpaired) electrons. The maximum Gasteiger partial charge on any atom is 0.240 e. The van der Waals surface area contributed by atoms with Gasteiger partial charge in [-0.1, -0.05) is 36.0 Å². The second kappa shape index (κ2) is 9.15. The smallest absolute Gasteiger partial charge is 0.240 e. The summed E-state index contributed by atoms with van der Waals surface area (Å²) in [7, 11) is 0. The average molecular weight is 468 g/mol. The third kappa shape index (κ3) is 4.22. The molecule has 1 amide bonds. The predicted octanol–water partition coefficient (Wildman–Crippen LogP) is 3.70. The predicted molar refractivity (Wildman–Crippen MR) is 127 cm³/mol. The summed E-state index contributed by atoms with van der Waals surface area (Å²) in [6.45, 7) is 6.50. The van der Waals surface area contributed by atoms with Crippen LogP contribution in [0.15, 0.2) is 53.7 Å². The molecule has 0 spiro atoms. The van der Waals surface area contributed by atoms with E-state index in [1.807, 2.05) is 40.7 Å². The summed E-state index contributed by atoms with van der Waals surface area (Å²) < 4.78 is 21.4. The minimum atomic E-state index is -0.396. The quantitative estimate of drug-likeness (QED) is 0.533. The number of amides is 1. The van der Waals surface area contributed by atoms with Gasteiger partial charge in [-0.25, -0.2) is 4.39 Å².